The number of nitrogens with zero attached hydrogens (tertiary/aromatic N) is 3. The molecular formula is C12H11FN4O3. The average Bonchev–Trinajstić information content (AvgIpc) is 2.89. The number of nitrogens with one attached hydrogen (secondary N) is 1. The first-order valence-electron chi connectivity index (χ1n) is 5.62. The van der Waals surface area contributed by atoms with Crippen LogP contribution in [0.15, 0.2) is 30.5 Å². The third-order valence-electron chi connectivity index (χ3n) is 2.37. The molecule has 8 heteroatoms. The topological polar surface area (TPSA) is 86.1 Å². The molecule has 1 aromatic heterocycles. The number of esters is 1. The van der Waals surface area contributed by atoms with Crippen LogP contribution in [0.25, 0.3) is 0 Å². The lowest BCUT2D eigenvalue weighted by Gasteiger charge is -2.04. The molecular weight excluding hydrogens is 267 g/mol. The van der Waals surface area contributed by atoms with Crippen LogP contribution in [-0.2, 0) is 16.1 Å². The molecule has 0 unspecified atom stereocenters. The van der Waals surface area contributed by atoms with Gasteiger partial charge in [0, 0.05) is 5.69 Å². The maximum Gasteiger partial charge on any atom is 0.360 e. The van der Waals surface area contributed by atoms with Crippen LogP contribution < -0.4 is 5.32 Å². The number of halogens is 1. The van der Waals surface area contributed by atoms with Gasteiger partial charge in [0.15, 0.2) is 5.69 Å². The number of rotatable bonds is 4. The Kier molecular flexibility index (Phi) is 4.04. The van der Waals surface area contributed by atoms with E-state index in [2.05, 4.69) is 20.4 Å². The molecule has 0 atom stereocenters. The molecule has 1 aromatic carbocycles. The predicted molar refractivity (Wildman–Crippen MR) is 66.4 cm³/mol. The van der Waals surface area contributed by atoms with Gasteiger partial charge in [-0.2, -0.15) is 0 Å². The molecule has 0 fully saturated rings. The lowest BCUT2D eigenvalue weighted by atomic mass is 10.3. The zero-order valence-electron chi connectivity index (χ0n) is 10.5. The van der Waals surface area contributed by atoms with Gasteiger partial charge in [-0.3, -0.25) is 4.79 Å². The first-order chi connectivity index (χ1) is 9.58. The summed E-state index contributed by atoms with van der Waals surface area (Å²) in [7, 11) is 1.22. The Hall–Kier alpha value is -2.77. The Morgan fingerprint density at radius 1 is 1.35 bits per heavy atom. The summed E-state index contributed by atoms with van der Waals surface area (Å²) in [6, 6.07) is 5.35. The molecule has 1 heterocycles. The second-order valence-electron chi connectivity index (χ2n) is 3.85. The minimum absolute atomic E-state index is 0.0158. The normalized spacial score (nSPS) is 10.1. The Labute approximate surface area is 113 Å². The van der Waals surface area contributed by atoms with Gasteiger partial charge in [0.05, 0.1) is 13.3 Å². The number of aromatic nitrogens is 3. The average molecular weight is 278 g/mol. The summed E-state index contributed by atoms with van der Waals surface area (Å²) in [5.41, 5.74) is 0.479. The summed E-state index contributed by atoms with van der Waals surface area (Å²) in [6.45, 7) is -0.124. The SMILES string of the molecule is COC(=O)c1cn(CC(=O)Nc2ccc(F)cc2)nn1. The van der Waals surface area contributed by atoms with E-state index in [1.165, 1.54) is 42.3 Å². The van der Waals surface area contributed by atoms with Gasteiger partial charge < -0.3 is 10.1 Å². The summed E-state index contributed by atoms with van der Waals surface area (Å²) < 4.78 is 18.4. The number of hydrogen-bond donors (Lipinski definition) is 1. The van der Waals surface area contributed by atoms with E-state index in [1.54, 1.807) is 0 Å². The first-order valence-corrected chi connectivity index (χ1v) is 5.62. The number of carbonyl (C=O) groups excluding carboxylic acids is 2. The fourth-order valence-electron chi connectivity index (χ4n) is 1.45. The number of carbonyl (C=O) groups is 2. The number of amides is 1. The van der Waals surface area contributed by atoms with Crippen LogP contribution >= 0.6 is 0 Å². The van der Waals surface area contributed by atoms with Crippen molar-refractivity contribution in [3.8, 4) is 0 Å². The van der Waals surface area contributed by atoms with Crippen molar-refractivity contribution in [2.75, 3.05) is 12.4 Å². The lowest BCUT2D eigenvalue weighted by Crippen LogP contribution is -2.19. The summed E-state index contributed by atoms with van der Waals surface area (Å²) in [5, 5.41) is 9.75. The highest BCUT2D eigenvalue weighted by molar-refractivity contribution is 5.90. The van der Waals surface area contributed by atoms with Gasteiger partial charge in [0.1, 0.15) is 12.4 Å². The van der Waals surface area contributed by atoms with Gasteiger partial charge in [0.25, 0.3) is 0 Å². The predicted octanol–water partition coefficient (Wildman–Crippen LogP) is 0.843. The fraction of sp³-hybridized carbons (Fsp3) is 0.167. The van der Waals surface area contributed by atoms with E-state index in [9.17, 15) is 14.0 Å². The van der Waals surface area contributed by atoms with Crippen LogP contribution in [0.1, 0.15) is 10.5 Å². The molecule has 2 aromatic rings. The van der Waals surface area contributed by atoms with Gasteiger partial charge in [-0.25, -0.2) is 13.9 Å². The van der Waals surface area contributed by atoms with Crippen LogP contribution in [0, 0.1) is 5.82 Å². The molecule has 2 rings (SSSR count). The zero-order chi connectivity index (χ0) is 14.5. The van der Waals surface area contributed by atoms with Crippen molar-refractivity contribution < 1.29 is 18.7 Å². The molecule has 7 nitrogen and oxygen atoms in total. The first kappa shape index (κ1) is 13.7. The number of anilines is 1. The summed E-state index contributed by atoms with van der Waals surface area (Å²) in [4.78, 5) is 22.9. The third kappa shape index (κ3) is 3.37. The monoisotopic (exact) mass is 278 g/mol. The zero-order valence-corrected chi connectivity index (χ0v) is 10.5. The molecule has 0 aliphatic heterocycles. The molecule has 1 amide bonds. The molecule has 0 aliphatic carbocycles. The summed E-state index contributed by atoms with van der Waals surface area (Å²) in [5.74, 6) is -1.39. The van der Waals surface area contributed by atoms with E-state index in [0.717, 1.165) is 0 Å². The molecule has 0 aliphatic rings. The van der Waals surface area contributed by atoms with E-state index >= 15 is 0 Å². The quantitative estimate of drug-likeness (QED) is 0.838. The van der Waals surface area contributed by atoms with Crippen molar-refractivity contribution in [2.45, 2.75) is 6.54 Å². The Morgan fingerprint density at radius 2 is 2.05 bits per heavy atom. The maximum atomic E-state index is 12.7. The van der Waals surface area contributed by atoms with Crippen molar-refractivity contribution in [3.05, 3.63) is 42.0 Å². The second kappa shape index (κ2) is 5.91. The molecule has 0 bridgehead atoms. The molecule has 0 saturated heterocycles. The van der Waals surface area contributed by atoms with Crippen molar-refractivity contribution in [1.29, 1.82) is 0 Å². The number of benzene rings is 1. The van der Waals surface area contributed by atoms with Crippen molar-refractivity contribution >= 4 is 17.6 Å². The van der Waals surface area contributed by atoms with Crippen LogP contribution in [0.4, 0.5) is 10.1 Å². The van der Waals surface area contributed by atoms with Crippen LogP contribution in [-0.4, -0.2) is 34.0 Å². The highest BCUT2D eigenvalue weighted by Crippen LogP contribution is 2.08. The molecule has 20 heavy (non-hydrogen) atoms. The molecule has 0 saturated carbocycles. The maximum absolute atomic E-state index is 12.7. The lowest BCUT2D eigenvalue weighted by molar-refractivity contribution is -0.116. The van der Waals surface area contributed by atoms with Gasteiger partial charge in [-0.1, -0.05) is 5.21 Å². The largest absolute Gasteiger partial charge is 0.464 e. The van der Waals surface area contributed by atoms with E-state index in [1.807, 2.05) is 0 Å². The van der Waals surface area contributed by atoms with Crippen LogP contribution in [0.5, 0.6) is 0 Å². The van der Waals surface area contributed by atoms with Crippen molar-refractivity contribution in [3.63, 3.8) is 0 Å². The Morgan fingerprint density at radius 3 is 2.70 bits per heavy atom. The van der Waals surface area contributed by atoms with Gasteiger partial charge in [-0.15, -0.1) is 5.10 Å². The molecule has 0 spiro atoms. The van der Waals surface area contributed by atoms with E-state index in [4.69, 9.17) is 0 Å². The highest BCUT2D eigenvalue weighted by atomic mass is 19.1. The summed E-state index contributed by atoms with van der Waals surface area (Å²) in [6.07, 6.45) is 1.30. The van der Waals surface area contributed by atoms with E-state index in [0.29, 0.717) is 5.69 Å². The van der Waals surface area contributed by atoms with Gasteiger partial charge in [0.2, 0.25) is 5.91 Å². The smallest absolute Gasteiger partial charge is 0.360 e. The van der Waals surface area contributed by atoms with Crippen molar-refractivity contribution in [1.82, 2.24) is 15.0 Å². The molecule has 104 valence electrons. The molecule has 1 N–H and O–H groups in total. The number of hydrogen-bond acceptors (Lipinski definition) is 5. The van der Waals surface area contributed by atoms with Gasteiger partial charge >= 0.3 is 5.97 Å². The Balaban J connectivity index is 1.96. The second-order valence-corrected chi connectivity index (χ2v) is 3.85. The highest BCUT2D eigenvalue weighted by Gasteiger charge is 2.12. The third-order valence-corrected chi connectivity index (χ3v) is 2.37. The standard InChI is InChI=1S/C12H11FN4O3/c1-20-12(19)10-6-17(16-15-10)7-11(18)14-9-4-2-8(13)3-5-9/h2-6H,7H2,1H3,(H,14,18). The van der Waals surface area contributed by atoms with E-state index < -0.39 is 5.97 Å². The van der Waals surface area contributed by atoms with E-state index in [-0.39, 0.29) is 24.0 Å². The summed E-state index contributed by atoms with van der Waals surface area (Å²) >= 11 is 0. The minimum Gasteiger partial charge on any atom is -0.464 e. The Bertz CT molecular complexity index is 624. The molecule has 0 radical (unpaired) electrons. The van der Waals surface area contributed by atoms with Crippen LogP contribution in [0.2, 0.25) is 0 Å². The fourth-order valence-corrected chi connectivity index (χ4v) is 1.45. The van der Waals surface area contributed by atoms with Gasteiger partial charge in [-0.05, 0) is 24.3 Å². The van der Waals surface area contributed by atoms with Crippen molar-refractivity contribution in [2.24, 2.45) is 0 Å². The number of methoxy groups -OCH3 is 1. The van der Waals surface area contributed by atoms with Crippen LogP contribution in [0.3, 0.4) is 0 Å². The minimum atomic E-state index is -0.629. The number of ether oxygens (including phenoxy) is 1.